The first-order valence-corrected chi connectivity index (χ1v) is 24.3. The monoisotopic (exact) mass is 1060 g/mol. The lowest BCUT2D eigenvalue weighted by atomic mass is 10.2. The SMILES string of the molecule is Br.Br.Br.Br.CCCCN(CCCC)CCCC.CCCCN(CCCC)CCCC.CCCCN(CCCC)CCCC.CCCCN(CCCC)CCCC. The van der Waals surface area contributed by atoms with Gasteiger partial charge in [0.15, 0.2) is 0 Å². The third-order valence-electron chi connectivity index (χ3n) is 9.93. The summed E-state index contributed by atoms with van der Waals surface area (Å²) in [5.41, 5.74) is 0. The van der Waals surface area contributed by atoms with Gasteiger partial charge in [-0.3, -0.25) is 0 Å². The van der Waals surface area contributed by atoms with Crippen molar-refractivity contribution >= 4 is 67.9 Å². The molecule has 0 aromatic heterocycles. The maximum atomic E-state index is 2.64. The zero-order chi connectivity index (χ0) is 39.8. The van der Waals surface area contributed by atoms with Gasteiger partial charge in [0.2, 0.25) is 0 Å². The van der Waals surface area contributed by atoms with Gasteiger partial charge in [-0.2, -0.15) is 0 Å². The van der Waals surface area contributed by atoms with Crippen LogP contribution in [-0.4, -0.2) is 98.1 Å². The van der Waals surface area contributed by atoms with Gasteiger partial charge in [-0.1, -0.05) is 160 Å². The molecule has 0 N–H and O–H groups in total. The van der Waals surface area contributed by atoms with Crippen LogP contribution in [0.15, 0.2) is 0 Å². The van der Waals surface area contributed by atoms with Crippen molar-refractivity contribution in [3.63, 3.8) is 0 Å². The molecule has 0 saturated heterocycles. The summed E-state index contributed by atoms with van der Waals surface area (Å²) in [7, 11) is 0. The third-order valence-corrected chi connectivity index (χ3v) is 9.93. The zero-order valence-electron chi connectivity index (χ0n) is 40.9. The highest BCUT2D eigenvalue weighted by Crippen LogP contribution is 2.04. The molecule has 0 radical (unpaired) electrons. The molecular formula is C48H112Br4N4. The molecule has 0 atom stereocenters. The minimum absolute atomic E-state index is 0. The summed E-state index contributed by atoms with van der Waals surface area (Å²) in [4.78, 5) is 10.5. The molecule has 0 unspecified atom stereocenters. The molecule has 0 aromatic carbocycles. The van der Waals surface area contributed by atoms with Crippen LogP contribution in [0.2, 0.25) is 0 Å². The van der Waals surface area contributed by atoms with Gasteiger partial charge in [-0.25, -0.2) is 0 Å². The molecule has 0 aliphatic heterocycles. The fourth-order valence-electron chi connectivity index (χ4n) is 5.92. The van der Waals surface area contributed by atoms with E-state index in [1.54, 1.807) is 0 Å². The Morgan fingerprint density at radius 3 is 0.286 bits per heavy atom. The molecule has 56 heavy (non-hydrogen) atoms. The number of hydrogen-bond acceptors (Lipinski definition) is 4. The molecule has 0 fully saturated rings. The van der Waals surface area contributed by atoms with Gasteiger partial charge >= 0.3 is 0 Å². The summed E-state index contributed by atoms with van der Waals surface area (Å²) in [5, 5.41) is 0. The van der Waals surface area contributed by atoms with Crippen LogP contribution in [0.1, 0.15) is 237 Å². The third kappa shape index (κ3) is 67.5. The second-order valence-corrected chi connectivity index (χ2v) is 15.6. The summed E-state index contributed by atoms with van der Waals surface area (Å²) in [6.07, 6.45) is 32.4. The molecule has 0 aromatic rings. The Bertz CT molecular complexity index is 405. The molecule has 0 aliphatic carbocycles. The Labute approximate surface area is 400 Å². The molecule has 0 spiro atoms. The van der Waals surface area contributed by atoms with Crippen LogP contribution in [0.25, 0.3) is 0 Å². The van der Waals surface area contributed by atoms with Gasteiger partial charge < -0.3 is 19.6 Å². The quantitative estimate of drug-likeness (QED) is 0.0620. The fourth-order valence-corrected chi connectivity index (χ4v) is 5.92. The van der Waals surface area contributed by atoms with E-state index in [0.717, 1.165) is 0 Å². The van der Waals surface area contributed by atoms with Crippen LogP contribution in [0, 0.1) is 0 Å². The van der Waals surface area contributed by atoms with Gasteiger partial charge in [0.1, 0.15) is 0 Å². The minimum atomic E-state index is 0. The summed E-state index contributed by atoms with van der Waals surface area (Å²) in [6, 6.07) is 0. The normalized spacial score (nSPS) is 10.3. The molecule has 0 bridgehead atoms. The molecular weight excluding hydrogens is 952 g/mol. The number of halogens is 4. The molecule has 352 valence electrons. The lowest BCUT2D eigenvalue weighted by Crippen LogP contribution is -2.27. The first-order chi connectivity index (χ1) is 25.4. The van der Waals surface area contributed by atoms with Crippen LogP contribution in [0.5, 0.6) is 0 Å². The van der Waals surface area contributed by atoms with Crippen LogP contribution in [0.4, 0.5) is 0 Å². The van der Waals surface area contributed by atoms with E-state index in [1.165, 1.54) is 233 Å². The zero-order valence-corrected chi connectivity index (χ0v) is 47.7. The number of rotatable bonds is 36. The Kier molecular flexibility index (Phi) is 95.7. The van der Waals surface area contributed by atoms with Crippen LogP contribution in [0.3, 0.4) is 0 Å². The summed E-state index contributed by atoms with van der Waals surface area (Å²) < 4.78 is 0. The van der Waals surface area contributed by atoms with E-state index in [-0.39, 0.29) is 67.9 Å². The van der Waals surface area contributed by atoms with E-state index in [9.17, 15) is 0 Å². The van der Waals surface area contributed by atoms with Crippen molar-refractivity contribution in [1.82, 2.24) is 19.6 Å². The second kappa shape index (κ2) is 71.3. The number of hydrogen-bond donors (Lipinski definition) is 0. The first-order valence-electron chi connectivity index (χ1n) is 24.3. The predicted octanol–water partition coefficient (Wildman–Crippen LogP) is 17.1. The van der Waals surface area contributed by atoms with Crippen molar-refractivity contribution in [1.29, 1.82) is 0 Å². The highest BCUT2D eigenvalue weighted by molar-refractivity contribution is 8.93. The van der Waals surface area contributed by atoms with Crippen LogP contribution >= 0.6 is 67.9 Å². The standard InChI is InChI=1S/4C12H27N.4BrH/c4*1-4-7-10-13(11-8-5-2)12-9-6-3;;;;/h4*4-12H2,1-3H3;4*1H. The van der Waals surface area contributed by atoms with Crippen molar-refractivity contribution in [3.8, 4) is 0 Å². The van der Waals surface area contributed by atoms with E-state index >= 15 is 0 Å². The Morgan fingerprint density at radius 2 is 0.232 bits per heavy atom. The molecule has 8 heteroatoms. The molecule has 4 nitrogen and oxygen atoms in total. The van der Waals surface area contributed by atoms with E-state index < -0.39 is 0 Å². The summed E-state index contributed by atoms with van der Waals surface area (Å²) >= 11 is 0. The smallest absolute Gasteiger partial charge is 0.00188 e. The fraction of sp³-hybridized carbons (Fsp3) is 1.00. The highest BCUT2D eigenvalue weighted by atomic mass is 79.9. The topological polar surface area (TPSA) is 13.0 Å². The summed E-state index contributed by atoms with van der Waals surface area (Å²) in [5.74, 6) is 0. The Hall–Kier alpha value is 1.76. The maximum Gasteiger partial charge on any atom is -0.00188 e. The van der Waals surface area contributed by atoms with E-state index in [2.05, 4.69) is 103 Å². The van der Waals surface area contributed by atoms with Gasteiger partial charge in [0, 0.05) is 0 Å². The Morgan fingerprint density at radius 1 is 0.161 bits per heavy atom. The largest absolute Gasteiger partial charge is 0.303 e. The highest BCUT2D eigenvalue weighted by Gasteiger charge is 2.04. The Balaban J connectivity index is -0.0000000893. The van der Waals surface area contributed by atoms with E-state index in [4.69, 9.17) is 0 Å². The number of unbranched alkanes of at least 4 members (excludes halogenated alkanes) is 12. The minimum Gasteiger partial charge on any atom is -0.303 e. The molecule has 0 aliphatic rings. The van der Waals surface area contributed by atoms with Gasteiger partial charge in [-0.15, -0.1) is 67.9 Å². The van der Waals surface area contributed by atoms with Crippen molar-refractivity contribution < 1.29 is 0 Å². The molecule has 0 rings (SSSR count). The lowest BCUT2D eigenvalue weighted by Gasteiger charge is -2.21. The summed E-state index contributed by atoms with van der Waals surface area (Å²) in [6.45, 7) is 43.1. The van der Waals surface area contributed by atoms with Gasteiger partial charge in [-0.05, 0) is 156 Å². The average molecular weight is 1070 g/mol. The molecule has 0 heterocycles. The van der Waals surface area contributed by atoms with Gasteiger partial charge in [0.25, 0.3) is 0 Å². The van der Waals surface area contributed by atoms with Crippen molar-refractivity contribution in [3.05, 3.63) is 0 Å². The van der Waals surface area contributed by atoms with E-state index in [0.29, 0.717) is 0 Å². The van der Waals surface area contributed by atoms with Crippen molar-refractivity contribution in [2.24, 2.45) is 0 Å². The molecule has 0 amide bonds. The van der Waals surface area contributed by atoms with Crippen molar-refractivity contribution in [2.75, 3.05) is 78.5 Å². The number of nitrogens with zero attached hydrogens (tertiary/aromatic N) is 4. The van der Waals surface area contributed by atoms with Crippen molar-refractivity contribution in [2.45, 2.75) is 237 Å². The predicted molar refractivity (Wildman–Crippen MR) is 286 cm³/mol. The second-order valence-electron chi connectivity index (χ2n) is 15.6. The average Bonchev–Trinajstić information content (AvgIpc) is 3.17. The molecule has 0 saturated carbocycles. The van der Waals surface area contributed by atoms with Crippen LogP contribution in [-0.2, 0) is 0 Å². The van der Waals surface area contributed by atoms with E-state index in [1.807, 2.05) is 0 Å². The lowest BCUT2D eigenvalue weighted by molar-refractivity contribution is 0.261. The maximum absolute atomic E-state index is 2.64. The van der Waals surface area contributed by atoms with Gasteiger partial charge in [0.05, 0.1) is 0 Å². The first kappa shape index (κ1) is 75.2. The van der Waals surface area contributed by atoms with Crippen LogP contribution < -0.4 is 0 Å².